The van der Waals surface area contributed by atoms with Crippen LogP contribution in [-0.2, 0) is 14.2 Å². The van der Waals surface area contributed by atoms with Gasteiger partial charge in [-0.1, -0.05) is 6.92 Å². The van der Waals surface area contributed by atoms with E-state index >= 15 is 0 Å². The molecule has 0 aliphatic carbocycles. The first-order chi connectivity index (χ1) is 6.79. The van der Waals surface area contributed by atoms with Crippen LogP contribution in [0.5, 0.6) is 0 Å². The molecular formula is C10H19NO3. The standard InChI is InChI=1S/C10H19NO3/c1-10(6-13-7-10)5-11-4-9-2-3-12-8-14-9/h9,11H,2-8H2,1H3. The molecule has 2 heterocycles. The van der Waals surface area contributed by atoms with E-state index in [4.69, 9.17) is 14.2 Å². The molecule has 2 rings (SSSR count). The van der Waals surface area contributed by atoms with Crippen LogP contribution >= 0.6 is 0 Å². The first-order valence-corrected chi connectivity index (χ1v) is 5.26. The Hall–Kier alpha value is -0.160. The lowest BCUT2D eigenvalue weighted by Gasteiger charge is -2.38. The Bertz CT molecular complexity index is 176. The summed E-state index contributed by atoms with van der Waals surface area (Å²) in [5.41, 5.74) is 0.352. The largest absolute Gasteiger partial charge is 0.380 e. The fourth-order valence-electron chi connectivity index (χ4n) is 1.75. The SMILES string of the molecule is CC1(CNCC2CCOCO2)COC1. The minimum absolute atomic E-state index is 0.327. The fourth-order valence-corrected chi connectivity index (χ4v) is 1.75. The van der Waals surface area contributed by atoms with Gasteiger partial charge >= 0.3 is 0 Å². The minimum atomic E-state index is 0.327. The van der Waals surface area contributed by atoms with E-state index in [1.807, 2.05) is 0 Å². The summed E-state index contributed by atoms with van der Waals surface area (Å²) >= 11 is 0. The third-order valence-corrected chi connectivity index (χ3v) is 2.80. The van der Waals surface area contributed by atoms with Gasteiger partial charge in [-0.3, -0.25) is 0 Å². The molecule has 0 saturated carbocycles. The molecule has 0 aromatic carbocycles. The van der Waals surface area contributed by atoms with Crippen molar-refractivity contribution in [1.82, 2.24) is 5.32 Å². The smallest absolute Gasteiger partial charge is 0.147 e. The van der Waals surface area contributed by atoms with Crippen molar-refractivity contribution in [2.75, 3.05) is 39.7 Å². The average molecular weight is 201 g/mol. The van der Waals surface area contributed by atoms with E-state index in [2.05, 4.69) is 12.2 Å². The monoisotopic (exact) mass is 201 g/mol. The number of nitrogens with one attached hydrogen (secondary N) is 1. The van der Waals surface area contributed by atoms with Crippen LogP contribution in [0.3, 0.4) is 0 Å². The van der Waals surface area contributed by atoms with Crippen LogP contribution in [0.1, 0.15) is 13.3 Å². The van der Waals surface area contributed by atoms with Gasteiger partial charge < -0.3 is 19.5 Å². The van der Waals surface area contributed by atoms with E-state index < -0.39 is 0 Å². The van der Waals surface area contributed by atoms with Crippen LogP contribution in [0.15, 0.2) is 0 Å². The Morgan fingerprint density at radius 2 is 2.21 bits per heavy atom. The van der Waals surface area contributed by atoms with Crippen LogP contribution in [0.4, 0.5) is 0 Å². The first kappa shape index (κ1) is 10.4. The van der Waals surface area contributed by atoms with Gasteiger partial charge in [-0.2, -0.15) is 0 Å². The zero-order valence-corrected chi connectivity index (χ0v) is 8.75. The van der Waals surface area contributed by atoms with Crippen LogP contribution in [0, 0.1) is 5.41 Å². The van der Waals surface area contributed by atoms with Gasteiger partial charge in [0, 0.05) is 18.5 Å². The molecule has 2 aliphatic heterocycles. The second-order valence-corrected chi connectivity index (χ2v) is 4.54. The highest BCUT2D eigenvalue weighted by molar-refractivity contribution is 4.83. The highest BCUT2D eigenvalue weighted by Crippen LogP contribution is 2.25. The quantitative estimate of drug-likeness (QED) is 0.713. The summed E-state index contributed by atoms with van der Waals surface area (Å²) < 4.78 is 15.7. The number of rotatable bonds is 4. The molecule has 1 atom stereocenters. The van der Waals surface area contributed by atoms with Crippen molar-refractivity contribution in [2.24, 2.45) is 5.41 Å². The molecule has 1 unspecified atom stereocenters. The fraction of sp³-hybridized carbons (Fsp3) is 1.00. The summed E-state index contributed by atoms with van der Waals surface area (Å²) in [6.45, 7) is 7.24. The normalized spacial score (nSPS) is 31.1. The Kier molecular flexibility index (Phi) is 3.38. The van der Waals surface area contributed by atoms with Gasteiger partial charge in [0.2, 0.25) is 0 Å². The van der Waals surface area contributed by atoms with Crippen LogP contribution < -0.4 is 5.32 Å². The number of ether oxygens (including phenoxy) is 3. The van der Waals surface area contributed by atoms with Gasteiger partial charge in [0.15, 0.2) is 0 Å². The van der Waals surface area contributed by atoms with E-state index in [0.29, 0.717) is 18.3 Å². The van der Waals surface area contributed by atoms with Crippen molar-refractivity contribution in [3.63, 3.8) is 0 Å². The van der Waals surface area contributed by atoms with Crippen LogP contribution in [0.2, 0.25) is 0 Å². The van der Waals surface area contributed by atoms with Crippen LogP contribution in [0.25, 0.3) is 0 Å². The Balaban J connectivity index is 1.57. The zero-order chi connectivity index (χ0) is 9.86. The highest BCUT2D eigenvalue weighted by Gasteiger charge is 2.32. The summed E-state index contributed by atoms with van der Waals surface area (Å²) in [7, 11) is 0. The van der Waals surface area contributed by atoms with Crippen molar-refractivity contribution in [1.29, 1.82) is 0 Å². The molecule has 2 saturated heterocycles. The van der Waals surface area contributed by atoms with Gasteiger partial charge in [0.05, 0.1) is 25.9 Å². The zero-order valence-electron chi connectivity index (χ0n) is 8.75. The summed E-state index contributed by atoms with van der Waals surface area (Å²) in [6, 6.07) is 0. The van der Waals surface area contributed by atoms with Crippen molar-refractivity contribution < 1.29 is 14.2 Å². The molecule has 0 aromatic rings. The minimum Gasteiger partial charge on any atom is -0.380 e. The summed E-state index contributed by atoms with van der Waals surface area (Å²) in [4.78, 5) is 0. The van der Waals surface area contributed by atoms with Gasteiger partial charge in [-0.15, -0.1) is 0 Å². The Morgan fingerprint density at radius 3 is 2.79 bits per heavy atom. The van der Waals surface area contributed by atoms with E-state index in [1.165, 1.54) is 0 Å². The lowest BCUT2D eigenvalue weighted by atomic mass is 9.89. The summed E-state index contributed by atoms with van der Waals surface area (Å²) in [5, 5.41) is 3.44. The molecule has 14 heavy (non-hydrogen) atoms. The Morgan fingerprint density at radius 1 is 1.36 bits per heavy atom. The van der Waals surface area contributed by atoms with Gasteiger partial charge in [0.1, 0.15) is 6.79 Å². The maximum atomic E-state index is 5.43. The Labute approximate surface area is 84.9 Å². The van der Waals surface area contributed by atoms with Crippen LogP contribution in [-0.4, -0.2) is 45.8 Å². The first-order valence-electron chi connectivity index (χ1n) is 5.26. The predicted octanol–water partition coefficient (Wildman–Crippen LogP) is 0.375. The lowest BCUT2D eigenvalue weighted by Crippen LogP contribution is -2.49. The van der Waals surface area contributed by atoms with Gasteiger partial charge in [0.25, 0.3) is 0 Å². The number of hydrogen-bond acceptors (Lipinski definition) is 4. The topological polar surface area (TPSA) is 39.7 Å². The highest BCUT2D eigenvalue weighted by atomic mass is 16.7. The van der Waals surface area contributed by atoms with Crippen molar-refractivity contribution in [3.8, 4) is 0 Å². The summed E-state index contributed by atoms with van der Waals surface area (Å²) in [5.74, 6) is 0. The van der Waals surface area contributed by atoms with Crippen molar-refractivity contribution in [3.05, 3.63) is 0 Å². The molecule has 0 radical (unpaired) electrons. The molecule has 82 valence electrons. The number of hydrogen-bond donors (Lipinski definition) is 1. The maximum Gasteiger partial charge on any atom is 0.147 e. The second-order valence-electron chi connectivity index (χ2n) is 4.54. The molecule has 0 aromatic heterocycles. The molecule has 4 nitrogen and oxygen atoms in total. The van der Waals surface area contributed by atoms with E-state index in [0.717, 1.165) is 39.3 Å². The molecule has 0 bridgehead atoms. The van der Waals surface area contributed by atoms with Crippen molar-refractivity contribution >= 4 is 0 Å². The molecule has 2 fully saturated rings. The van der Waals surface area contributed by atoms with Crippen molar-refractivity contribution in [2.45, 2.75) is 19.4 Å². The lowest BCUT2D eigenvalue weighted by molar-refractivity contribution is -0.139. The third-order valence-electron chi connectivity index (χ3n) is 2.80. The molecule has 4 heteroatoms. The molecule has 2 aliphatic rings. The van der Waals surface area contributed by atoms with Gasteiger partial charge in [-0.25, -0.2) is 0 Å². The van der Waals surface area contributed by atoms with E-state index in [-0.39, 0.29) is 0 Å². The second kappa shape index (κ2) is 4.57. The average Bonchev–Trinajstić information content (AvgIpc) is 2.17. The predicted molar refractivity (Wildman–Crippen MR) is 52.1 cm³/mol. The molecule has 0 amide bonds. The van der Waals surface area contributed by atoms with E-state index in [9.17, 15) is 0 Å². The van der Waals surface area contributed by atoms with E-state index in [1.54, 1.807) is 0 Å². The molecule has 0 spiro atoms. The summed E-state index contributed by atoms with van der Waals surface area (Å²) in [6.07, 6.45) is 1.33. The molecule has 1 N–H and O–H groups in total. The third kappa shape index (κ3) is 2.67. The maximum absolute atomic E-state index is 5.43. The molecular weight excluding hydrogens is 182 g/mol. The van der Waals surface area contributed by atoms with Gasteiger partial charge in [-0.05, 0) is 6.42 Å².